The molecule has 0 saturated carbocycles. The topological polar surface area (TPSA) is 63.2 Å². The predicted octanol–water partition coefficient (Wildman–Crippen LogP) is 1.56. The molecular formula is C13H19N3O2. The van der Waals surface area contributed by atoms with Crippen LogP contribution in [0.1, 0.15) is 26.2 Å². The van der Waals surface area contributed by atoms with Crippen LogP contribution < -0.4 is 15.4 Å². The fourth-order valence-electron chi connectivity index (χ4n) is 2.03. The minimum atomic E-state index is -0.103. The monoisotopic (exact) mass is 249 g/mol. The fraction of sp³-hybridized carbons (Fsp3) is 0.538. The Hall–Kier alpha value is -1.62. The summed E-state index contributed by atoms with van der Waals surface area (Å²) in [6.45, 7) is 3.33. The number of anilines is 1. The third-order valence-corrected chi connectivity index (χ3v) is 2.94. The normalized spacial score (nSPS) is 19.3. The highest BCUT2D eigenvalue weighted by Gasteiger charge is 2.21. The van der Waals surface area contributed by atoms with Gasteiger partial charge in [0.25, 0.3) is 0 Å². The van der Waals surface area contributed by atoms with Gasteiger partial charge >= 0.3 is 0 Å². The van der Waals surface area contributed by atoms with Gasteiger partial charge in [0.15, 0.2) is 0 Å². The van der Waals surface area contributed by atoms with Gasteiger partial charge in [-0.15, -0.1) is 0 Å². The summed E-state index contributed by atoms with van der Waals surface area (Å²) in [5.74, 6) is 0.466. The average Bonchev–Trinajstić information content (AvgIpc) is 2.42. The lowest BCUT2D eigenvalue weighted by Gasteiger charge is -2.22. The maximum absolute atomic E-state index is 12.1. The van der Waals surface area contributed by atoms with Gasteiger partial charge in [-0.05, 0) is 38.4 Å². The summed E-state index contributed by atoms with van der Waals surface area (Å²) >= 11 is 0. The van der Waals surface area contributed by atoms with E-state index in [1.54, 1.807) is 18.3 Å². The molecular weight excluding hydrogens is 230 g/mol. The molecule has 0 bridgehead atoms. The van der Waals surface area contributed by atoms with Gasteiger partial charge in [0, 0.05) is 6.20 Å². The van der Waals surface area contributed by atoms with Crippen molar-refractivity contribution in [1.29, 1.82) is 0 Å². The predicted molar refractivity (Wildman–Crippen MR) is 69.7 cm³/mol. The number of nitrogens with zero attached hydrogens (tertiary/aromatic N) is 1. The Morgan fingerprint density at radius 3 is 3.22 bits per heavy atom. The van der Waals surface area contributed by atoms with Crippen molar-refractivity contribution in [3.8, 4) is 5.88 Å². The van der Waals surface area contributed by atoms with Gasteiger partial charge in [-0.2, -0.15) is 0 Å². The number of ether oxygens (including phenoxy) is 1. The number of nitrogens with one attached hydrogen (secondary N) is 2. The van der Waals surface area contributed by atoms with E-state index in [-0.39, 0.29) is 11.9 Å². The lowest BCUT2D eigenvalue weighted by atomic mass is 10.0. The second-order valence-corrected chi connectivity index (χ2v) is 4.28. The number of rotatable bonds is 4. The van der Waals surface area contributed by atoms with Crippen molar-refractivity contribution in [2.75, 3.05) is 18.5 Å². The first-order valence-electron chi connectivity index (χ1n) is 6.43. The van der Waals surface area contributed by atoms with Gasteiger partial charge in [0.05, 0.1) is 12.6 Å². The summed E-state index contributed by atoms with van der Waals surface area (Å²) in [7, 11) is 0. The van der Waals surface area contributed by atoms with Gasteiger partial charge in [-0.25, -0.2) is 4.98 Å². The molecule has 0 spiro atoms. The zero-order valence-electron chi connectivity index (χ0n) is 10.6. The van der Waals surface area contributed by atoms with Crippen LogP contribution >= 0.6 is 0 Å². The maximum Gasteiger partial charge on any atom is 0.241 e. The molecule has 1 aromatic rings. The zero-order chi connectivity index (χ0) is 12.8. The van der Waals surface area contributed by atoms with E-state index in [4.69, 9.17) is 4.74 Å². The van der Waals surface area contributed by atoms with Crippen LogP contribution in [-0.4, -0.2) is 30.1 Å². The minimum Gasteiger partial charge on any atom is -0.476 e. The number of aromatic nitrogens is 1. The summed E-state index contributed by atoms with van der Waals surface area (Å²) < 4.78 is 5.38. The highest BCUT2D eigenvalue weighted by atomic mass is 16.5. The first kappa shape index (κ1) is 12.8. The van der Waals surface area contributed by atoms with Crippen molar-refractivity contribution < 1.29 is 9.53 Å². The lowest BCUT2D eigenvalue weighted by molar-refractivity contribution is -0.118. The van der Waals surface area contributed by atoms with Crippen molar-refractivity contribution in [1.82, 2.24) is 10.3 Å². The van der Waals surface area contributed by atoms with Crippen LogP contribution in [0.15, 0.2) is 18.3 Å². The summed E-state index contributed by atoms with van der Waals surface area (Å²) in [6, 6.07) is 3.49. The SMILES string of the molecule is CCOc1ncccc1NC(=O)C1CCCCN1. The Labute approximate surface area is 107 Å². The molecule has 0 radical (unpaired) electrons. The molecule has 1 saturated heterocycles. The standard InChI is InChI=1S/C13H19N3O2/c1-2-18-13-11(7-5-9-15-13)16-12(17)10-6-3-4-8-14-10/h5,7,9-10,14H,2-4,6,8H2,1H3,(H,16,17). The molecule has 0 aromatic carbocycles. The van der Waals surface area contributed by atoms with Gasteiger partial charge in [0.2, 0.25) is 11.8 Å². The van der Waals surface area contributed by atoms with Gasteiger partial charge < -0.3 is 15.4 Å². The summed E-state index contributed by atoms with van der Waals surface area (Å²) in [5, 5.41) is 6.09. The molecule has 1 fully saturated rings. The van der Waals surface area contributed by atoms with Crippen LogP contribution in [0, 0.1) is 0 Å². The van der Waals surface area contributed by atoms with E-state index in [9.17, 15) is 4.79 Å². The van der Waals surface area contributed by atoms with Crippen molar-refractivity contribution in [2.24, 2.45) is 0 Å². The maximum atomic E-state index is 12.1. The number of amides is 1. The summed E-state index contributed by atoms with van der Waals surface area (Å²) in [5.41, 5.74) is 0.636. The smallest absolute Gasteiger partial charge is 0.241 e. The van der Waals surface area contributed by atoms with E-state index in [0.29, 0.717) is 18.2 Å². The number of pyridine rings is 1. The number of hydrogen-bond donors (Lipinski definition) is 2. The van der Waals surface area contributed by atoms with Crippen LogP contribution in [0.5, 0.6) is 5.88 Å². The number of hydrogen-bond acceptors (Lipinski definition) is 4. The fourth-order valence-corrected chi connectivity index (χ4v) is 2.03. The largest absolute Gasteiger partial charge is 0.476 e. The van der Waals surface area contributed by atoms with Gasteiger partial charge in [-0.1, -0.05) is 6.42 Å². The Balaban J connectivity index is 2.01. The first-order valence-corrected chi connectivity index (χ1v) is 6.43. The number of piperidine rings is 1. The summed E-state index contributed by atoms with van der Waals surface area (Å²) in [4.78, 5) is 16.2. The van der Waals surface area contributed by atoms with Crippen LogP contribution in [0.4, 0.5) is 5.69 Å². The molecule has 0 aliphatic carbocycles. The van der Waals surface area contributed by atoms with E-state index in [1.165, 1.54) is 0 Å². The number of carbonyl (C=O) groups excluding carboxylic acids is 1. The average molecular weight is 249 g/mol. The molecule has 98 valence electrons. The molecule has 2 heterocycles. The first-order chi connectivity index (χ1) is 8.81. The molecule has 2 rings (SSSR count). The van der Waals surface area contributed by atoms with Crippen molar-refractivity contribution in [3.05, 3.63) is 18.3 Å². The molecule has 5 heteroatoms. The van der Waals surface area contributed by atoms with Crippen LogP contribution in [0.3, 0.4) is 0 Å². The molecule has 5 nitrogen and oxygen atoms in total. The van der Waals surface area contributed by atoms with Gasteiger partial charge in [-0.3, -0.25) is 4.79 Å². The Morgan fingerprint density at radius 1 is 1.61 bits per heavy atom. The molecule has 2 N–H and O–H groups in total. The van der Waals surface area contributed by atoms with E-state index in [1.807, 2.05) is 6.92 Å². The molecule has 1 aromatic heterocycles. The van der Waals surface area contributed by atoms with E-state index in [2.05, 4.69) is 15.6 Å². The Kier molecular flexibility index (Phi) is 4.52. The lowest BCUT2D eigenvalue weighted by Crippen LogP contribution is -2.43. The van der Waals surface area contributed by atoms with Crippen LogP contribution in [-0.2, 0) is 4.79 Å². The van der Waals surface area contributed by atoms with E-state index < -0.39 is 0 Å². The third kappa shape index (κ3) is 3.20. The Morgan fingerprint density at radius 2 is 2.50 bits per heavy atom. The van der Waals surface area contributed by atoms with Crippen molar-refractivity contribution >= 4 is 11.6 Å². The molecule has 1 atom stereocenters. The molecule has 1 aliphatic rings. The van der Waals surface area contributed by atoms with Crippen molar-refractivity contribution in [2.45, 2.75) is 32.2 Å². The van der Waals surface area contributed by atoms with E-state index >= 15 is 0 Å². The van der Waals surface area contributed by atoms with Crippen LogP contribution in [0.2, 0.25) is 0 Å². The molecule has 18 heavy (non-hydrogen) atoms. The molecule has 1 unspecified atom stereocenters. The Bertz CT molecular complexity index is 403. The third-order valence-electron chi connectivity index (χ3n) is 2.94. The second kappa shape index (κ2) is 6.35. The summed E-state index contributed by atoms with van der Waals surface area (Å²) in [6.07, 6.45) is 4.77. The van der Waals surface area contributed by atoms with E-state index in [0.717, 1.165) is 25.8 Å². The zero-order valence-corrected chi connectivity index (χ0v) is 10.6. The second-order valence-electron chi connectivity index (χ2n) is 4.28. The molecule has 1 aliphatic heterocycles. The van der Waals surface area contributed by atoms with Crippen LogP contribution in [0.25, 0.3) is 0 Å². The van der Waals surface area contributed by atoms with Gasteiger partial charge in [0.1, 0.15) is 5.69 Å². The highest BCUT2D eigenvalue weighted by molar-refractivity contribution is 5.95. The van der Waals surface area contributed by atoms with Crippen molar-refractivity contribution in [3.63, 3.8) is 0 Å². The number of carbonyl (C=O) groups is 1. The highest BCUT2D eigenvalue weighted by Crippen LogP contribution is 2.21. The molecule has 1 amide bonds. The quantitative estimate of drug-likeness (QED) is 0.850. The minimum absolute atomic E-state index is 0.0105.